The lowest BCUT2D eigenvalue weighted by Gasteiger charge is -1.77. The van der Waals surface area contributed by atoms with Crippen LogP contribution in [0.3, 0.4) is 0 Å². The molecule has 1 N–H and O–H groups in total. The van der Waals surface area contributed by atoms with Gasteiger partial charge < -0.3 is 9.63 Å². The van der Waals surface area contributed by atoms with Crippen molar-refractivity contribution in [2.24, 2.45) is 0 Å². The molecule has 0 aromatic carbocycles. The van der Waals surface area contributed by atoms with E-state index in [-0.39, 0.29) is 0 Å². The van der Waals surface area contributed by atoms with Gasteiger partial charge in [-0.25, -0.2) is 4.79 Å². The van der Waals surface area contributed by atoms with Crippen molar-refractivity contribution in [3.8, 4) is 0 Å². The second-order valence-corrected chi connectivity index (χ2v) is 2.04. The zero-order chi connectivity index (χ0) is 8.27. The molecule has 0 spiro atoms. The van der Waals surface area contributed by atoms with Crippen LogP contribution in [0.2, 0.25) is 0 Å². The Morgan fingerprint density at radius 1 is 1.82 bits per heavy atom. The summed E-state index contributed by atoms with van der Waals surface area (Å²) in [6.07, 6.45) is 2.35. The summed E-state index contributed by atoms with van der Waals surface area (Å²) in [5.74, 6) is -0.552. The van der Waals surface area contributed by atoms with E-state index < -0.39 is 5.97 Å². The Kier molecular flexibility index (Phi) is 2.06. The van der Waals surface area contributed by atoms with Crippen LogP contribution in [-0.2, 0) is 4.79 Å². The van der Waals surface area contributed by atoms with Crippen LogP contribution < -0.4 is 0 Å². The van der Waals surface area contributed by atoms with E-state index in [1.54, 1.807) is 13.0 Å². The van der Waals surface area contributed by atoms with Gasteiger partial charge in [-0.2, -0.15) is 0 Å². The molecule has 1 aromatic heterocycles. The standard InChI is InChI=1S/C7H7NO3/c1-5-4-6(11-8-5)2-3-7(9)10/h2-4H,1H3,(H,9,10). The van der Waals surface area contributed by atoms with Crippen LogP contribution in [0.5, 0.6) is 0 Å². The predicted octanol–water partition coefficient (Wildman–Crippen LogP) is 1.08. The van der Waals surface area contributed by atoms with Gasteiger partial charge in [-0.1, -0.05) is 5.16 Å². The van der Waals surface area contributed by atoms with Gasteiger partial charge in [0.2, 0.25) is 0 Å². The normalized spacial score (nSPS) is 10.6. The minimum atomic E-state index is -1.00. The monoisotopic (exact) mass is 153 g/mol. The Morgan fingerprint density at radius 3 is 3.00 bits per heavy atom. The third-order valence-corrected chi connectivity index (χ3v) is 1.04. The third kappa shape index (κ3) is 2.25. The van der Waals surface area contributed by atoms with Crippen molar-refractivity contribution in [3.63, 3.8) is 0 Å². The van der Waals surface area contributed by atoms with Crippen molar-refractivity contribution in [1.29, 1.82) is 0 Å². The van der Waals surface area contributed by atoms with E-state index in [1.807, 2.05) is 0 Å². The summed E-state index contributed by atoms with van der Waals surface area (Å²) in [7, 11) is 0. The second-order valence-electron chi connectivity index (χ2n) is 2.04. The average Bonchev–Trinajstić information content (AvgIpc) is 2.31. The van der Waals surface area contributed by atoms with Gasteiger partial charge >= 0.3 is 5.97 Å². The highest BCUT2D eigenvalue weighted by Crippen LogP contribution is 2.03. The van der Waals surface area contributed by atoms with Crippen molar-refractivity contribution < 1.29 is 14.4 Å². The van der Waals surface area contributed by atoms with Crippen LogP contribution >= 0.6 is 0 Å². The number of carboxylic acids is 1. The van der Waals surface area contributed by atoms with E-state index in [1.165, 1.54) is 6.08 Å². The van der Waals surface area contributed by atoms with Crippen molar-refractivity contribution in [1.82, 2.24) is 5.16 Å². The maximum atomic E-state index is 10.0. The van der Waals surface area contributed by atoms with Crippen molar-refractivity contribution in [2.75, 3.05) is 0 Å². The number of rotatable bonds is 2. The molecule has 0 aliphatic heterocycles. The fourth-order valence-electron chi connectivity index (χ4n) is 0.615. The summed E-state index contributed by atoms with van der Waals surface area (Å²) in [4.78, 5) is 10.0. The molecular weight excluding hydrogens is 146 g/mol. The number of nitrogens with zero attached hydrogens (tertiary/aromatic N) is 1. The molecule has 4 heteroatoms. The number of carboxylic acid groups (broad SMARTS) is 1. The number of hydrogen-bond acceptors (Lipinski definition) is 3. The Balaban J connectivity index is 2.71. The Bertz CT molecular complexity index is 288. The number of aryl methyl sites for hydroxylation is 1. The first-order chi connectivity index (χ1) is 5.18. The molecule has 0 bridgehead atoms. The summed E-state index contributed by atoms with van der Waals surface area (Å²) in [5, 5.41) is 11.8. The zero-order valence-corrected chi connectivity index (χ0v) is 5.94. The Morgan fingerprint density at radius 2 is 2.55 bits per heavy atom. The summed E-state index contributed by atoms with van der Waals surface area (Å²) in [5.41, 5.74) is 0.732. The van der Waals surface area contributed by atoms with Crippen LogP contribution in [0.1, 0.15) is 11.5 Å². The zero-order valence-electron chi connectivity index (χ0n) is 5.94. The molecule has 4 nitrogen and oxygen atoms in total. The van der Waals surface area contributed by atoms with E-state index in [4.69, 9.17) is 9.63 Å². The average molecular weight is 153 g/mol. The van der Waals surface area contributed by atoms with Crippen LogP contribution in [0, 0.1) is 6.92 Å². The summed E-state index contributed by atoms with van der Waals surface area (Å²) >= 11 is 0. The van der Waals surface area contributed by atoms with E-state index in [9.17, 15) is 4.79 Å². The highest BCUT2D eigenvalue weighted by molar-refractivity contribution is 5.84. The quantitative estimate of drug-likeness (QED) is 0.645. The molecule has 0 unspecified atom stereocenters. The molecule has 0 fully saturated rings. The molecule has 58 valence electrons. The number of aliphatic carboxylic acids is 1. The number of carbonyl (C=O) groups is 1. The molecule has 1 rings (SSSR count). The fraction of sp³-hybridized carbons (Fsp3) is 0.143. The lowest BCUT2D eigenvalue weighted by molar-refractivity contribution is -0.131. The minimum Gasteiger partial charge on any atom is -0.478 e. The largest absolute Gasteiger partial charge is 0.478 e. The molecule has 0 atom stereocenters. The van der Waals surface area contributed by atoms with Gasteiger partial charge in [0.15, 0.2) is 5.76 Å². The smallest absolute Gasteiger partial charge is 0.328 e. The van der Waals surface area contributed by atoms with Gasteiger partial charge in [0.05, 0.1) is 5.69 Å². The topological polar surface area (TPSA) is 63.3 Å². The van der Waals surface area contributed by atoms with Gasteiger partial charge in [-0.05, 0) is 13.0 Å². The van der Waals surface area contributed by atoms with E-state index in [0.29, 0.717) is 5.76 Å². The first-order valence-corrected chi connectivity index (χ1v) is 3.03. The highest BCUT2D eigenvalue weighted by atomic mass is 16.5. The lowest BCUT2D eigenvalue weighted by Crippen LogP contribution is -1.84. The van der Waals surface area contributed by atoms with Crippen molar-refractivity contribution >= 4 is 12.0 Å². The van der Waals surface area contributed by atoms with Gasteiger partial charge in [0.25, 0.3) is 0 Å². The van der Waals surface area contributed by atoms with Crippen molar-refractivity contribution in [2.45, 2.75) is 6.92 Å². The molecule has 0 aliphatic rings. The van der Waals surface area contributed by atoms with Crippen LogP contribution in [0.15, 0.2) is 16.7 Å². The first-order valence-electron chi connectivity index (χ1n) is 3.03. The maximum absolute atomic E-state index is 10.0. The van der Waals surface area contributed by atoms with Crippen LogP contribution in [0.4, 0.5) is 0 Å². The summed E-state index contributed by atoms with van der Waals surface area (Å²) in [6, 6.07) is 1.65. The van der Waals surface area contributed by atoms with Gasteiger partial charge in [0.1, 0.15) is 0 Å². The van der Waals surface area contributed by atoms with Gasteiger partial charge in [0, 0.05) is 12.1 Å². The molecule has 0 saturated heterocycles. The predicted molar refractivity (Wildman–Crippen MR) is 37.9 cm³/mol. The third-order valence-electron chi connectivity index (χ3n) is 1.04. The Hall–Kier alpha value is -1.58. The van der Waals surface area contributed by atoms with Crippen LogP contribution in [0.25, 0.3) is 6.08 Å². The molecule has 0 saturated carbocycles. The fourth-order valence-corrected chi connectivity index (χ4v) is 0.615. The first kappa shape index (κ1) is 7.53. The van der Waals surface area contributed by atoms with Crippen molar-refractivity contribution in [3.05, 3.63) is 23.6 Å². The molecule has 0 aliphatic carbocycles. The van der Waals surface area contributed by atoms with E-state index in [0.717, 1.165) is 11.8 Å². The maximum Gasteiger partial charge on any atom is 0.328 e. The SMILES string of the molecule is Cc1cc(C=CC(=O)O)on1. The molecule has 0 radical (unpaired) electrons. The van der Waals surface area contributed by atoms with E-state index >= 15 is 0 Å². The minimum absolute atomic E-state index is 0.449. The lowest BCUT2D eigenvalue weighted by atomic mass is 10.3. The Labute approximate surface area is 63.1 Å². The number of hydrogen-bond donors (Lipinski definition) is 1. The molecule has 11 heavy (non-hydrogen) atoms. The molecule has 1 heterocycles. The highest BCUT2D eigenvalue weighted by Gasteiger charge is 1.95. The van der Waals surface area contributed by atoms with Gasteiger partial charge in [-0.15, -0.1) is 0 Å². The molecular formula is C7H7NO3. The molecule has 0 amide bonds. The second kappa shape index (κ2) is 3.01. The number of aromatic nitrogens is 1. The van der Waals surface area contributed by atoms with E-state index in [2.05, 4.69) is 5.16 Å². The summed E-state index contributed by atoms with van der Waals surface area (Å²) in [6.45, 7) is 1.77. The summed E-state index contributed by atoms with van der Waals surface area (Å²) < 4.78 is 4.71. The van der Waals surface area contributed by atoms with Gasteiger partial charge in [-0.3, -0.25) is 0 Å². The van der Waals surface area contributed by atoms with Crippen LogP contribution in [-0.4, -0.2) is 16.2 Å². The molecule has 1 aromatic rings.